The number of aryl methyl sites for hydroxylation is 1. The molecule has 5 rings (SSSR count). The molecule has 8 heteroatoms. The SMILES string of the molecule is Cc1ccc(-c2nn3c(-c4cc(-c5ccc(F)cc5)n[nH]4)nnc3s2)cc1. The minimum atomic E-state index is -0.278. The third-order valence-corrected chi connectivity index (χ3v) is 5.20. The second-order valence-corrected chi connectivity index (χ2v) is 7.12. The van der Waals surface area contributed by atoms with E-state index in [1.165, 1.54) is 29.0 Å². The van der Waals surface area contributed by atoms with Gasteiger partial charge in [-0.2, -0.15) is 14.7 Å². The maximum absolute atomic E-state index is 13.1. The molecule has 0 atom stereocenters. The van der Waals surface area contributed by atoms with E-state index in [1.807, 2.05) is 18.2 Å². The molecular formula is C19H13FN6S. The van der Waals surface area contributed by atoms with Gasteiger partial charge in [0.15, 0.2) is 0 Å². The van der Waals surface area contributed by atoms with Crippen LogP contribution in [0.25, 0.3) is 38.3 Å². The molecule has 6 nitrogen and oxygen atoms in total. The van der Waals surface area contributed by atoms with Gasteiger partial charge in [0.2, 0.25) is 10.8 Å². The number of hydrogen-bond acceptors (Lipinski definition) is 5. The number of aromatic nitrogens is 6. The summed E-state index contributed by atoms with van der Waals surface area (Å²) in [6, 6.07) is 16.3. The van der Waals surface area contributed by atoms with Crippen molar-refractivity contribution in [2.75, 3.05) is 0 Å². The predicted octanol–water partition coefficient (Wildman–Crippen LogP) is 4.36. The van der Waals surface area contributed by atoms with Gasteiger partial charge in [0.1, 0.15) is 16.5 Å². The minimum absolute atomic E-state index is 0.278. The van der Waals surface area contributed by atoms with E-state index in [4.69, 9.17) is 0 Å². The Kier molecular flexibility index (Phi) is 3.58. The highest BCUT2D eigenvalue weighted by molar-refractivity contribution is 7.19. The molecule has 0 unspecified atom stereocenters. The van der Waals surface area contributed by atoms with Crippen molar-refractivity contribution >= 4 is 16.3 Å². The number of rotatable bonds is 3. The Morgan fingerprint density at radius 1 is 0.963 bits per heavy atom. The van der Waals surface area contributed by atoms with Crippen molar-refractivity contribution in [2.45, 2.75) is 6.92 Å². The van der Waals surface area contributed by atoms with Gasteiger partial charge in [-0.1, -0.05) is 41.2 Å². The highest BCUT2D eigenvalue weighted by Crippen LogP contribution is 2.29. The fraction of sp³-hybridized carbons (Fsp3) is 0.0526. The van der Waals surface area contributed by atoms with E-state index in [-0.39, 0.29) is 5.82 Å². The van der Waals surface area contributed by atoms with Crippen LogP contribution in [0.1, 0.15) is 5.56 Å². The van der Waals surface area contributed by atoms with E-state index in [1.54, 1.807) is 16.6 Å². The zero-order valence-corrected chi connectivity index (χ0v) is 15.0. The van der Waals surface area contributed by atoms with Gasteiger partial charge in [-0.25, -0.2) is 4.39 Å². The van der Waals surface area contributed by atoms with Gasteiger partial charge in [-0.15, -0.1) is 10.2 Å². The average molecular weight is 376 g/mol. The Hall–Kier alpha value is -3.39. The molecule has 2 aromatic carbocycles. The Morgan fingerprint density at radius 2 is 1.70 bits per heavy atom. The summed E-state index contributed by atoms with van der Waals surface area (Å²) in [4.78, 5) is 0.707. The van der Waals surface area contributed by atoms with E-state index < -0.39 is 0 Å². The van der Waals surface area contributed by atoms with E-state index in [9.17, 15) is 4.39 Å². The van der Waals surface area contributed by atoms with Crippen molar-refractivity contribution in [3.63, 3.8) is 0 Å². The van der Waals surface area contributed by atoms with Crippen molar-refractivity contribution in [3.05, 3.63) is 66.0 Å². The van der Waals surface area contributed by atoms with Crippen molar-refractivity contribution in [1.29, 1.82) is 0 Å². The molecule has 132 valence electrons. The number of aromatic amines is 1. The molecule has 0 aliphatic heterocycles. The smallest absolute Gasteiger partial charge is 0.235 e. The molecule has 0 bridgehead atoms. The zero-order chi connectivity index (χ0) is 18.4. The highest BCUT2D eigenvalue weighted by atomic mass is 32.1. The maximum Gasteiger partial charge on any atom is 0.235 e. The normalized spacial score (nSPS) is 11.3. The molecule has 0 saturated heterocycles. The van der Waals surface area contributed by atoms with Gasteiger partial charge in [-0.3, -0.25) is 5.10 Å². The third kappa shape index (κ3) is 2.80. The second-order valence-electron chi connectivity index (χ2n) is 6.16. The van der Waals surface area contributed by atoms with Crippen LogP contribution in [0.2, 0.25) is 0 Å². The number of benzene rings is 2. The first-order chi connectivity index (χ1) is 13.2. The van der Waals surface area contributed by atoms with E-state index in [2.05, 4.69) is 44.5 Å². The molecule has 3 aromatic heterocycles. The Labute approximate surface area is 157 Å². The second kappa shape index (κ2) is 6.10. The fourth-order valence-electron chi connectivity index (χ4n) is 2.80. The zero-order valence-electron chi connectivity index (χ0n) is 14.2. The predicted molar refractivity (Wildman–Crippen MR) is 102 cm³/mol. The van der Waals surface area contributed by atoms with Crippen LogP contribution in [0.3, 0.4) is 0 Å². The van der Waals surface area contributed by atoms with Crippen LogP contribution in [-0.4, -0.2) is 30.0 Å². The van der Waals surface area contributed by atoms with Crippen LogP contribution in [0.15, 0.2) is 54.6 Å². The maximum atomic E-state index is 13.1. The Bertz CT molecular complexity index is 1230. The summed E-state index contributed by atoms with van der Waals surface area (Å²) < 4.78 is 14.8. The van der Waals surface area contributed by atoms with Crippen molar-refractivity contribution < 1.29 is 4.39 Å². The van der Waals surface area contributed by atoms with Crippen LogP contribution >= 0.6 is 11.3 Å². The van der Waals surface area contributed by atoms with Crippen LogP contribution in [0, 0.1) is 12.7 Å². The number of fused-ring (bicyclic) bond motifs is 1. The molecule has 0 fully saturated rings. The molecule has 0 aliphatic rings. The summed E-state index contributed by atoms with van der Waals surface area (Å²) in [7, 11) is 0. The van der Waals surface area contributed by atoms with Crippen molar-refractivity contribution in [2.24, 2.45) is 0 Å². The van der Waals surface area contributed by atoms with Crippen LogP contribution in [0.5, 0.6) is 0 Å². The van der Waals surface area contributed by atoms with Gasteiger partial charge in [0, 0.05) is 11.1 Å². The lowest BCUT2D eigenvalue weighted by Gasteiger charge is -1.96. The molecule has 0 saturated carbocycles. The van der Waals surface area contributed by atoms with Gasteiger partial charge in [0.05, 0.1) is 5.69 Å². The summed E-state index contributed by atoms with van der Waals surface area (Å²) in [5, 5.41) is 21.2. The monoisotopic (exact) mass is 376 g/mol. The van der Waals surface area contributed by atoms with Crippen LogP contribution in [0.4, 0.5) is 4.39 Å². The number of halogens is 1. The quantitative estimate of drug-likeness (QED) is 0.508. The Morgan fingerprint density at radius 3 is 2.48 bits per heavy atom. The topological polar surface area (TPSA) is 71.8 Å². The molecule has 0 amide bonds. The van der Waals surface area contributed by atoms with E-state index in [0.717, 1.165) is 16.1 Å². The molecule has 0 spiro atoms. The van der Waals surface area contributed by atoms with Gasteiger partial charge < -0.3 is 0 Å². The lowest BCUT2D eigenvalue weighted by Crippen LogP contribution is -1.91. The largest absolute Gasteiger partial charge is 0.274 e. The number of hydrogen-bond donors (Lipinski definition) is 1. The van der Waals surface area contributed by atoms with Gasteiger partial charge >= 0.3 is 0 Å². The van der Waals surface area contributed by atoms with Gasteiger partial charge in [-0.05, 0) is 37.3 Å². The molecular weight excluding hydrogens is 363 g/mol. The number of H-pyrrole nitrogens is 1. The van der Waals surface area contributed by atoms with Crippen molar-refractivity contribution in [1.82, 2.24) is 30.0 Å². The molecule has 1 N–H and O–H groups in total. The number of nitrogens with one attached hydrogen (secondary N) is 1. The molecule has 5 aromatic rings. The summed E-state index contributed by atoms with van der Waals surface area (Å²) in [5.74, 6) is 0.306. The average Bonchev–Trinajstić information content (AvgIpc) is 3.38. The van der Waals surface area contributed by atoms with Crippen molar-refractivity contribution in [3.8, 4) is 33.3 Å². The highest BCUT2D eigenvalue weighted by Gasteiger charge is 2.16. The lowest BCUT2D eigenvalue weighted by molar-refractivity contribution is 0.628. The first-order valence-electron chi connectivity index (χ1n) is 8.28. The van der Waals surface area contributed by atoms with Crippen LogP contribution in [-0.2, 0) is 0 Å². The standard InChI is InChI=1S/C19H13FN6S/c1-11-2-4-13(5-3-11)18-25-26-17(23-24-19(26)27-18)16-10-15(21-22-16)12-6-8-14(20)9-7-12/h2-10H,1H3,(H,21,22). The first-order valence-corrected chi connectivity index (χ1v) is 9.10. The minimum Gasteiger partial charge on any atom is -0.274 e. The molecule has 0 radical (unpaired) electrons. The summed E-state index contributed by atoms with van der Waals surface area (Å²) in [6.07, 6.45) is 0. The third-order valence-electron chi connectivity index (χ3n) is 4.25. The number of nitrogens with zero attached hydrogens (tertiary/aromatic N) is 5. The van der Waals surface area contributed by atoms with E-state index >= 15 is 0 Å². The lowest BCUT2D eigenvalue weighted by atomic mass is 10.1. The molecule has 0 aliphatic carbocycles. The Balaban J connectivity index is 1.54. The van der Waals surface area contributed by atoms with E-state index in [0.29, 0.717) is 22.2 Å². The molecule has 3 heterocycles. The summed E-state index contributed by atoms with van der Waals surface area (Å²) in [5.41, 5.74) is 4.46. The molecule has 27 heavy (non-hydrogen) atoms. The van der Waals surface area contributed by atoms with Crippen LogP contribution < -0.4 is 0 Å². The summed E-state index contributed by atoms with van der Waals surface area (Å²) in [6.45, 7) is 2.05. The fourth-order valence-corrected chi connectivity index (χ4v) is 3.65. The summed E-state index contributed by atoms with van der Waals surface area (Å²) >= 11 is 1.48. The van der Waals surface area contributed by atoms with Gasteiger partial charge in [0.25, 0.3) is 0 Å². The first kappa shape index (κ1) is 15.8.